The maximum atomic E-state index is 13.6. The van der Waals surface area contributed by atoms with Gasteiger partial charge >= 0.3 is 5.97 Å². The second-order valence-electron chi connectivity index (χ2n) is 12.2. The van der Waals surface area contributed by atoms with E-state index in [2.05, 4.69) is 36.5 Å². The van der Waals surface area contributed by atoms with Crippen LogP contribution in [0.4, 0.5) is 5.69 Å². The number of nitrogens with one attached hydrogen (secondary N) is 1. The summed E-state index contributed by atoms with van der Waals surface area (Å²) in [4.78, 5) is 26.3. The quantitative estimate of drug-likeness (QED) is 0.472. The maximum Gasteiger partial charge on any atom is 0.312 e. The molecule has 4 aliphatic carbocycles. The van der Waals surface area contributed by atoms with Gasteiger partial charge in [-0.1, -0.05) is 41.4 Å². The summed E-state index contributed by atoms with van der Waals surface area (Å²) in [5.41, 5.74) is 2.23. The summed E-state index contributed by atoms with van der Waals surface area (Å²) in [6.45, 7) is 2.75. The Labute approximate surface area is 240 Å². The Hall–Kier alpha value is -2.46. The first-order valence-electron chi connectivity index (χ1n) is 14.0. The highest BCUT2D eigenvalue weighted by Gasteiger charge is 2.61. The van der Waals surface area contributed by atoms with Gasteiger partial charge in [-0.3, -0.25) is 9.59 Å². The lowest BCUT2D eigenvalue weighted by atomic mass is 9.43. The number of aryl methyl sites for hydroxylation is 1. The molecule has 5 aliphatic rings. The summed E-state index contributed by atoms with van der Waals surface area (Å²) in [5.74, 6) is 0.165. The summed E-state index contributed by atoms with van der Waals surface area (Å²) in [6, 6.07) is 13.1. The first kappa shape index (κ1) is 27.7. The highest BCUT2D eigenvalue weighted by atomic mass is 35.5. The van der Waals surface area contributed by atoms with E-state index in [1.54, 1.807) is 0 Å². The summed E-state index contributed by atoms with van der Waals surface area (Å²) in [7, 11) is -3.85. The highest BCUT2D eigenvalue weighted by Crippen LogP contribution is 2.66. The molecule has 10 heteroatoms. The Morgan fingerprint density at radius 2 is 1.73 bits per heavy atom. The average molecular weight is 587 g/mol. The second kappa shape index (κ2) is 10.4. The van der Waals surface area contributed by atoms with Crippen LogP contribution in [0.15, 0.2) is 47.4 Å². The van der Waals surface area contributed by atoms with E-state index in [4.69, 9.17) is 21.1 Å². The number of halogens is 1. The lowest BCUT2D eigenvalue weighted by Gasteiger charge is -2.61. The molecule has 214 valence electrons. The van der Waals surface area contributed by atoms with Crippen LogP contribution in [0, 0.1) is 24.2 Å². The molecule has 40 heavy (non-hydrogen) atoms. The minimum atomic E-state index is -3.85. The number of ether oxygens (including phenoxy) is 2. The lowest BCUT2D eigenvalue weighted by Crippen LogP contribution is -2.57. The number of carbonyl (C=O) groups is 2. The van der Waals surface area contributed by atoms with E-state index < -0.39 is 28.0 Å². The van der Waals surface area contributed by atoms with Gasteiger partial charge in [-0.25, -0.2) is 8.42 Å². The SMILES string of the molecule is Cc1ccc(C23C[C@@H]4C[C@@H](CC(C(=O)OCC(=O)Nc5ccc(Cl)c(S(=O)(=O)N6CCOCC6)c5)(C4)C2)C3)cc1. The van der Waals surface area contributed by atoms with Gasteiger partial charge < -0.3 is 14.8 Å². The van der Waals surface area contributed by atoms with Crippen molar-refractivity contribution >= 4 is 39.2 Å². The van der Waals surface area contributed by atoms with Gasteiger partial charge in [-0.05, 0) is 86.5 Å². The molecule has 4 bridgehead atoms. The molecule has 1 N–H and O–H groups in total. The number of benzene rings is 2. The van der Waals surface area contributed by atoms with Crippen molar-refractivity contribution in [3.8, 4) is 0 Å². The van der Waals surface area contributed by atoms with Crippen molar-refractivity contribution in [3.05, 3.63) is 58.6 Å². The van der Waals surface area contributed by atoms with E-state index in [9.17, 15) is 18.0 Å². The third kappa shape index (κ3) is 5.06. The van der Waals surface area contributed by atoms with Crippen LogP contribution in [-0.2, 0) is 34.5 Å². The van der Waals surface area contributed by atoms with Crippen molar-refractivity contribution in [2.45, 2.75) is 55.8 Å². The fourth-order valence-electron chi connectivity index (χ4n) is 7.93. The van der Waals surface area contributed by atoms with Crippen molar-refractivity contribution in [2.75, 3.05) is 38.2 Å². The molecule has 0 aromatic heterocycles. The predicted molar refractivity (Wildman–Crippen MR) is 151 cm³/mol. The number of hydrogen-bond donors (Lipinski definition) is 1. The number of anilines is 1. The second-order valence-corrected chi connectivity index (χ2v) is 14.5. The van der Waals surface area contributed by atoms with Crippen LogP contribution in [0.3, 0.4) is 0 Å². The number of nitrogens with zero attached hydrogens (tertiary/aromatic N) is 1. The van der Waals surface area contributed by atoms with Gasteiger partial charge in [0.1, 0.15) is 4.90 Å². The highest BCUT2D eigenvalue weighted by molar-refractivity contribution is 7.89. The third-order valence-corrected chi connectivity index (χ3v) is 11.7. The molecule has 0 radical (unpaired) electrons. The number of rotatable bonds is 7. The Morgan fingerprint density at radius 1 is 1.05 bits per heavy atom. The van der Waals surface area contributed by atoms with Crippen LogP contribution in [0.2, 0.25) is 5.02 Å². The Morgan fingerprint density at radius 3 is 2.40 bits per heavy atom. The smallest absolute Gasteiger partial charge is 0.312 e. The van der Waals surface area contributed by atoms with Gasteiger partial charge in [-0.2, -0.15) is 4.31 Å². The van der Waals surface area contributed by atoms with Gasteiger partial charge in [0.2, 0.25) is 10.0 Å². The van der Waals surface area contributed by atoms with Crippen molar-refractivity contribution in [2.24, 2.45) is 17.3 Å². The van der Waals surface area contributed by atoms with E-state index in [-0.39, 0.29) is 40.1 Å². The van der Waals surface area contributed by atoms with Crippen LogP contribution in [0.25, 0.3) is 0 Å². The maximum absolute atomic E-state index is 13.6. The Bertz CT molecular complexity index is 1410. The average Bonchev–Trinajstić information content (AvgIpc) is 2.92. The minimum absolute atomic E-state index is 0.00918. The number of hydrogen-bond acceptors (Lipinski definition) is 6. The molecule has 5 fully saturated rings. The van der Waals surface area contributed by atoms with Gasteiger partial charge in [0, 0.05) is 18.8 Å². The molecule has 7 rings (SSSR count). The molecule has 1 heterocycles. The molecule has 1 amide bonds. The number of carbonyl (C=O) groups excluding carboxylic acids is 2. The van der Waals surface area contributed by atoms with Gasteiger partial charge in [0.25, 0.3) is 5.91 Å². The zero-order valence-corrected chi connectivity index (χ0v) is 24.2. The van der Waals surface area contributed by atoms with Gasteiger partial charge in [0.15, 0.2) is 6.61 Å². The first-order valence-corrected chi connectivity index (χ1v) is 15.8. The number of esters is 1. The molecule has 2 aromatic carbocycles. The zero-order valence-electron chi connectivity index (χ0n) is 22.7. The number of sulfonamides is 1. The summed E-state index contributed by atoms with van der Waals surface area (Å²) in [5, 5.41) is 2.74. The molecule has 1 aliphatic heterocycles. The van der Waals surface area contributed by atoms with Crippen molar-refractivity contribution < 1.29 is 27.5 Å². The third-order valence-electron chi connectivity index (χ3n) is 9.30. The molecule has 2 aromatic rings. The Kier molecular flexibility index (Phi) is 7.22. The van der Waals surface area contributed by atoms with Crippen LogP contribution in [-0.4, -0.2) is 57.5 Å². The fourth-order valence-corrected chi connectivity index (χ4v) is 9.84. The summed E-state index contributed by atoms with van der Waals surface area (Å²) < 4.78 is 38.5. The lowest BCUT2D eigenvalue weighted by molar-refractivity contribution is -0.175. The molecule has 0 spiro atoms. The largest absolute Gasteiger partial charge is 0.455 e. The van der Waals surface area contributed by atoms with Crippen LogP contribution in [0.5, 0.6) is 0 Å². The van der Waals surface area contributed by atoms with E-state index in [1.807, 2.05) is 0 Å². The van der Waals surface area contributed by atoms with Crippen LogP contribution >= 0.6 is 11.6 Å². The molecule has 1 saturated heterocycles. The van der Waals surface area contributed by atoms with E-state index in [0.717, 1.165) is 38.5 Å². The standard InChI is InChI=1S/C30H35ClN2O6S/c1-20-2-4-23(5-3-20)29-14-21-12-22(15-29)17-30(16-21,19-29)28(35)39-18-27(34)32-24-6-7-25(31)26(13-24)40(36,37)33-8-10-38-11-9-33/h2-7,13,21-22H,8-12,14-19H2,1H3,(H,32,34)/t21-,22+,29?,30?. The van der Waals surface area contributed by atoms with Gasteiger partial charge in [0.05, 0.1) is 23.7 Å². The molecule has 8 nitrogen and oxygen atoms in total. The van der Waals surface area contributed by atoms with Gasteiger partial charge in [-0.15, -0.1) is 0 Å². The fraction of sp³-hybridized carbons (Fsp3) is 0.533. The minimum Gasteiger partial charge on any atom is -0.455 e. The molecular formula is C30H35ClN2O6S. The topological polar surface area (TPSA) is 102 Å². The molecular weight excluding hydrogens is 552 g/mol. The normalized spacial score (nSPS) is 29.8. The van der Waals surface area contributed by atoms with E-state index in [0.29, 0.717) is 25.0 Å². The van der Waals surface area contributed by atoms with E-state index >= 15 is 0 Å². The number of amides is 1. The summed E-state index contributed by atoms with van der Waals surface area (Å²) in [6.07, 6.45) is 5.77. The molecule has 4 saturated carbocycles. The first-order chi connectivity index (χ1) is 19.1. The van der Waals surface area contributed by atoms with Crippen LogP contribution < -0.4 is 5.32 Å². The van der Waals surface area contributed by atoms with Crippen molar-refractivity contribution in [1.82, 2.24) is 4.31 Å². The zero-order chi connectivity index (χ0) is 28.1. The van der Waals surface area contributed by atoms with Crippen molar-refractivity contribution in [3.63, 3.8) is 0 Å². The summed E-state index contributed by atoms with van der Waals surface area (Å²) >= 11 is 6.23. The monoisotopic (exact) mass is 586 g/mol. The van der Waals surface area contributed by atoms with E-state index in [1.165, 1.54) is 33.6 Å². The van der Waals surface area contributed by atoms with Crippen molar-refractivity contribution in [1.29, 1.82) is 0 Å². The van der Waals surface area contributed by atoms with Crippen LogP contribution in [0.1, 0.15) is 49.7 Å². The number of morpholine rings is 1. The molecule has 4 atom stereocenters. The molecule has 2 unspecified atom stereocenters. The Balaban J connectivity index is 1.13. The predicted octanol–water partition coefficient (Wildman–Crippen LogP) is 4.69.